The molecule has 7 heteroatoms. The maximum atomic E-state index is 14.1. The van der Waals surface area contributed by atoms with Crippen LogP contribution >= 0.6 is 12.4 Å². The minimum Gasteiger partial charge on any atom is -0.493 e. The molecule has 2 bridgehead atoms. The molecule has 128 valence electrons. The highest BCUT2D eigenvalue weighted by Gasteiger charge is 2.49. The number of anilines is 1. The summed E-state index contributed by atoms with van der Waals surface area (Å²) in [5.74, 6) is 0.421. The summed E-state index contributed by atoms with van der Waals surface area (Å²) in [5.41, 5.74) is 6.25. The van der Waals surface area contributed by atoms with Crippen LogP contribution in [0.1, 0.15) is 19.3 Å². The van der Waals surface area contributed by atoms with E-state index < -0.39 is 5.82 Å². The topological polar surface area (TPSA) is 73.6 Å². The molecule has 2 aliphatic carbocycles. The Balaban J connectivity index is 0.00000192. The van der Waals surface area contributed by atoms with Crippen LogP contribution in [0.5, 0.6) is 11.5 Å². The molecule has 3 N–H and O–H groups in total. The molecule has 1 aromatic rings. The van der Waals surface area contributed by atoms with Gasteiger partial charge >= 0.3 is 0 Å². The smallest absolute Gasteiger partial charge is 0.229 e. The van der Waals surface area contributed by atoms with Gasteiger partial charge in [-0.15, -0.1) is 12.4 Å². The van der Waals surface area contributed by atoms with E-state index in [1.54, 1.807) is 0 Å². The maximum Gasteiger partial charge on any atom is 0.229 e. The quantitative estimate of drug-likeness (QED) is 0.880. The van der Waals surface area contributed by atoms with Crippen molar-refractivity contribution >= 4 is 24.0 Å². The number of ether oxygens (including phenoxy) is 2. The lowest BCUT2D eigenvalue weighted by Crippen LogP contribution is -2.42. The first-order valence-electron chi connectivity index (χ1n) is 7.53. The van der Waals surface area contributed by atoms with E-state index in [-0.39, 0.29) is 41.7 Å². The summed E-state index contributed by atoms with van der Waals surface area (Å²) in [7, 11) is 2.90. The normalized spacial score (nSPS) is 28.2. The number of nitrogens with one attached hydrogen (secondary N) is 1. The number of benzene rings is 1. The Morgan fingerprint density at radius 3 is 2.39 bits per heavy atom. The molecular formula is C16H22ClFN2O3. The average Bonchev–Trinajstić information content (AvgIpc) is 3.09. The molecule has 0 aliphatic heterocycles. The van der Waals surface area contributed by atoms with Crippen LogP contribution in [-0.4, -0.2) is 26.2 Å². The maximum absolute atomic E-state index is 14.1. The predicted molar refractivity (Wildman–Crippen MR) is 87.7 cm³/mol. The fourth-order valence-corrected chi connectivity index (χ4v) is 3.89. The molecule has 0 aromatic heterocycles. The molecule has 23 heavy (non-hydrogen) atoms. The number of fused-ring (bicyclic) bond motifs is 2. The molecule has 1 amide bonds. The van der Waals surface area contributed by atoms with E-state index in [1.807, 2.05) is 0 Å². The number of rotatable bonds is 4. The third-order valence-corrected chi connectivity index (χ3v) is 5.01. The standard InChI is InChI=1S/C16H21FN2O3.ClH/c1-21-12-6-10(17)11(7-13(12)22-2)19-16(20)14-8-3-4-9(5-8)15(14)18;/h6-9,14-15H,3-5,18H2,1-2H3,(H,19,20);1H. The fourth-order valence-electron chi connectivity index (χ4n) is 3.89. The van der Waals surface area contributed by atoms with Crippen LogP contribution in [-0.2, 0) is 4.79 Å². The predicted octanol–water partition coefficient (Wildman–Crippen LogP) is 2.58. The first-order valence-corrected chi connectivity index (χ1v) is 7.53. The summed E-state index contributed by atoms with van der Waals surface area (Å²) in [6, 6.07) is 2.52. The van der Waals surface area contributed by atoms with Gasteiger partial charge in [-0.25, -0.2) is 4.39 Å². The molecule has 4 atom stereocenters. The Morgan fingerprint density at radius 1 is 1.22 bits per heavy atom. The van der Waals surface area contributed by atoms with Gasteiger partial charge in [0.2, 0.25) is 5.91 Å². The molecule has 2 saturated carbocycles. The zero-order valence-electron chi connectivity index (χ0n) is 13.2. The first kappa shape index (κ1) is 17.8. The molecule has 4 unspecified atom stereocenters. The van der Waals surface area contributed by atoms with Gasteiger partial charge < -0.3 is 20.5 Å². The monoisotopic (exact) mass is 344 g/mol. The van der Waals surface area contributed by atoms with Crippen LogP contribution in [0.15, 0.2) is 12.1 Å². The van der Waals surface area contributed by atoms with Gasteiger partial charge in [0.25, 0.3) is 0 Å². The number of hydrogen-bond acceptors (Lipinski definition) is 4. The Labute approximate surface area is 141 Å². The van der Waals surface area contributed by atoms with Gasteiger partial charge in [0.05, 0.1) is 25.8 Å². The second kappa shape index (κ2) is 6.93. The average molecular weight is 345 g/mol. The van der Waals surface area contributed by atoms with Crippen molar-refractivity contribution in [1.29, 1.82) is 0 Å². The number of halogens is 2. The van der Waals surface area contributed by atoms with Gasteiger partial charge in [0, 0.05) is 18.2 Å². The molecule has 0 radical (unpaired) electrons. The number of amides is 1. The van der Waals surface area contributed by atoms with Gasteiger partial charge in [0.1, 0.15) is 0 Å². The third kappa shape index (κ3) is 3.10. The zero-order valence-corrected chi connectivity index (χ0v) is 14.0. The molecular weight excluding hydrogens is 323 g/mol. The second-order valence-corrected chi connectivity index (χ2v) is 6.11. The summed E-state index contributed by atoms with van der Waals surface area (Å²) in [4.78, 5) is 12.5. The van der Waals surface area contributed by atoms with Crippen LogP contribution in [0.25, 0.3) is 0 Å². The van der Waals surface area contributed by atoms with Crippen molar-refractivity contribution in [2.75, 3.05) is 19.5 Å². The van der Waals surface area contributed by atoms with E-state index in [4.69, 9.17) is 15.2 Å². The SMILES string of the molecule is COc1cc(F)c(NC(=O)C2C3CCC(C3)C2N)cc1OC.Cl. The molecule has 1 aromatic carbocycles. The number of carbonyl (C=O) groups excluding carboxylic acids is 1. The van der Waals surface area contributed by atoms with E-state index in [0.717, 1.165) is 19.3 Å². The van der Waals surface area contributed by atoms with Crippen LogP contribution in [0.3, 0.4) is 0 Å². The summed E-state index contributed by atoms with van der Waals surface area (Å²) < 4.78 is 24.3. The summed E-state index contributed by atoms with van der Waals surface area (Å²) in [5, 5.41) is 2.66. The number of methoxy groups -OCH3 is 2. The van der Waals surface area contributed by atoms with Crippen molar-refractivity contribution in [2.45, 2.75) is 25.3 Å². The van der Waals surface area contributed by atoms with Gasteiger partial charge in [0.15, 0.2) is 17.3 Å². The summed E-state index contributed by atoms with van der Waals surface area (Å²) >= 11 is 0. The van der Waals surface area contributed by atoms with E-state index in [0.29, 0.717) is 17.6 Å². The summed E-state index contributed by atoms with van der Waals surface area (Å²) in [6.07, 6.45) is 3.14. The van der Waals surface area contributed by atoms with Gasteiger partial charge in [-0.2, -0.15) is 0 Å². The van der Waals surface area contributed by atoms with Crippen LogP contribution in [0, 0.1) is 23.6 Å². The van der Waals surface area contributed by atoms with Crippen LogP contribution < -0.4 is 20.5 Å². The summed E-state index contributed by atoms with van der Waals surface area (Å²) in [6.45, 7) is 0. The van der Waals surface area contributed by atoms with Gasteiger partial charge in [-0.3, -0.25) is 4.79 Å². The van der Waals surface area contributed by atoms with Crippen molar-refractivity contribution < 1.29 is 18.7 Å². The first-order chi connectivity index (χ1) is 10.5. The van der Waals surface area contributed by atoms with Gasteiger partial charge in [-0.1, -0.05) is 0 Å². The lowest BCUT2D eigenvalue weighted by atomic mass is 9.84. The third-order valence-electron chi connectivity index (χ3n) is 5.01. The van der Waals surface area contributed by atoms with Crippen LogP contribution in [0.4, 0.5) is 10.1 Å². The second-order valence-electron chi connectivity index (χ2n) is 6.11. The highest BCUT2D eigenvalue weighted by atomic mass is 35.5. The lowest BCUT2D eigenvalue weighted by molar-refractivity contribution is -0.121. The van der Waals surface area contributed by atoms with E-state index >= 15 is 0 Å². The molecule has 0 spiro atoms. The van der Waals surface area contributed by atoms with Crippen molar-refractivity contribution in [3.05, 3.63) is 17.9 Å². The van der Waals surface area contributed by atoms with Crippen molar-refractivity contribution in [3.8, 4) is 11.5 Å². The highest BCUT2D eigenvalue weighted by Crippen LogP contribution is 2.48. The Bertz CT molecular complexity index is 597. The molecule has 5 nitrogen and oxygen atoms in total. The minimum atomic E-state index is -0.553. The van der Waals surface area contributed by atoms with Gasteiger partial charge in [-0.05, 0) is 31.1 Å². The minimum absolute atomic E-state index is 0. The molecule has 2 aliphatic rings. The Hall–Kier alpha value is -1.53. The van der Waals surface area contributed by atoms with E-state index in [1.165, 1.54) is 26.4 Å². The Morgan fingerprint density at radius 2 is 1.83 bits per heavy atom. The Kier molecular flexibility index (Phi) is 5.37. The lowest BCUT2D eigenvalue weighted by Gasteiger charge is -2.27. The van der Waals surface area contributed by atoms with E-state index in [2.05, 4.69) is 5.32 Å². The van der Waals surface area contributed by atoms with Crippen molar-refractivity contribution in [2.24, 2.45) is 23.5 Å². The number of carbonyl (C=O) groups is 1. The van der Waals surface area contributed by atoms with Crippen molar-refractivity contribution in [3.63, 3.8) is 0 Å². The fraction of sp³-hybridized carbons (Fsp3) is 0.562. The van der Waals surface area contributed by atoms with E-state index in [9.17, 15) is 9.18 Å². The number of nitrogens with two attached hydrogens (primary N) is 1. The highest BCUT2D eigenvalue weighted by molar-refractivity contribution is 5.94. The van der Waals surface area contributed by atoms with Crippen molar-refractivity contribution in [1.82, 2.24) is 0 Å². The largest absolute Gasteiger partial charge is 0.493 e. The van der Waals surface area contributed by atoms with Crippen LogP contribution in [0.2, 0.25) is 0 Å². The molecule has 0 saturated heterocycles. The molecule has 2 fully saturated rings. The molecule has 3 rings (SSSR count). The zero-order chi connectivity index (χ0) is 15.9. The number of hydrogen-bond donors (Lipinski definition) is 2. The molecule has 0 heterocycles.